The Morgan fingerprint density at radius 3 is 2.89 bits per heavy atom. The Morgan fingerprint density at radius 1 is 1.50 bits per heavy atom. The highest BCUT2D eigenvalue weighted by Crippen LogP contribution is 2.15. The van der Waals surface area contributed by atoms with Crippen molar-refractivity contribution in [1.82, 2.24) is 14.8 Å². The molecule has 8 heteroatoms. The topological polar surface area (TPSA) is 97.1 Å². The Balaban J connectivity index is 2.06. The average Bonchev–Trinajstić information content (AvgIpc) is 2.88. The van der Waals surface area contributed by atoms with Gasteiger partial charge in [0.25, 0.3) is 0 Å². The number of hydrogen-bond acceptors (Lipinski definition) is 5. The van der Waals surface area contributed by atoms with Crippen molar-refractivity contribution in [1.29, 1.82) is 0 Å². The molecule has 0 unspecified atom stereocenters. The minimum atomic E-state index is -1.14. The maximum atomic E-state index is 11.1. The molecule has 0 saturated heterocycles. The van der Waals surface area contributed by atoms with Crippen LogP contribution in [-0.2, 0) is 6.54 Å². The molecule has 0 spiro atoms. The van der Waals surface area contributed by atoms with Gasteiger partial charge >= 0.3 is 6.09 Å². The molecule has 2 N–H and O–H groups in total. The number of hydrogen-bond donors (Lipinski definition) is 2. The number of carboxylic acid groups (broad SMARTS) is 1. The van der Waals surface area contributed by atoms with Crippen LogP contribution in [-0.4, -0.2) is 31.7 Å². The van der Waals surface area contributed by atoms with Crippen LogP contribution in [0.5, 0.6) is 0 Å². The maximum Gasteiger partial charge on any atom is 0.409 e. The van der Waals surface area contributed by atoms with Crippen LogP contribution in [0.25, 0.3) is 0 Å². The molecule has 0 aliphatic carbocycles. The van der Waals surface area contributed by atoms with Crippen LogP contribution in [0, 0.1) is 0 Å². The molecule has 94 valence electrons. The van der Waals surface area contributed by atoms with E-state index in [9.17, 15) is 9.59 Å². The summed E-state index contributed by atoms with van der Waals surface area (Å²) in [6.45, 7) is 1.89. The van der Waals surface area contributed by atoms with Gasteiger partial charge in [-0.25, -0.2) is 9.78 Å². The van der Waals surface area contributed by atoms with E-state index in [1.807, 2.05) is 0 Å². The van der Waals surface area contributed by atoms with Gasteiger partial charge in [0.2, 0.25) is 0 Å². The van der Waals surface area contributed by atoms with E-state index in [0.29, 0.717) is 17.1 Å². The van der Waals surface area contributed by atoms with Crippen molar-refractivity contribution < 1.29 is 14.7 Å². The zero-order valence-corrected chi connectivity index (χ0v) is 10.3. The molecule has 0 saturated carbocycles. The van der Waals surface area contributed by atoms with E-state index < -0.39 is 6.09 Å². The van der Waals surface area contributed by atoms with E-state index in [2.05, 4.69) is 15.4 Å². The number of thiazole rings is 1. The molecule has 0 radical (unpaired) electrons. The van der Waals surface area contributed by atoms with Crippen LogP contribution in [0.15, 0.2) is 18.6 Å². The third kappa shape index (κ3) is 2.92. The quantitative estimate of drug-likeness (QED) is 0.820. The number of aromatic nitrogens is 3. The second-order valence-corrected chi connectivity index (χ2v) is 4.65. The Hall–Kier alpha value is -2.22. The van der Waals surface area contributed by atoms with Gasteiger partial charge in [-0.05, 0) is 0 Å². The Labute approximate surface area is 106 Å². The van der Waals surface area contributed by atoms with Crippen LogP contribution in [0.3, 0.4) is 0 Å². The molecule has 0 aliphatic heterocycles. The molecule has 7 nitrogen and oxygen atoms in total. The van der Waals surface area contributed by atoms with Crippen molar-refractivity contribution in [3.8, 4) is 0 Å². The third-order valence-corrected chi connectivity index (χ3v) is 3.17. The molecule has 18 heavy (non-hydrogen) atoms. The van der Waals surface area contributed by atoms with Gasteiger partial charge in [0, 0.05) is 19.3 Å². The average molecular weight is 266 g/mol. The summed E-state index contributed by atoms with van der Waals surface area (Å²) in [6.07, 6.45) is 3.36. The Bertz CT molecular complexity index is 589. The number of anilines is 1. The molecule has 0 fully saturated rings. The summed E-state index contributed by atoms with van der Waals surface area (Å²) >= 11 is 1.30. The molecule has 2 aromatic heterocycles. The first-order chi connectivity index (χ1) is 8.54. The molecule has 2 rings (SSSR count). The van der Waals surface area contributed by atoms with E-state index in [0.717, 1.165) is 5.01 Å². The van der Waals surface area contributed by atoms with Gasteiger partial charge < -0.3 is 5.11 Å². The summed E-state index contributed by atoms with van der Waals surface area (Å²) in [5, 5.41) is 15.5. The molecule has 0 atom stereocenters. The number of nitrogens with zero attached hydrogens (tertiary/aromatic N) is 3. The smallest absolute Gasteiger partial charge is 0.409 e. The van der Waals surface area contributed by atoms with E-state index in [4.69, 9.17) is 5.11 Å². The van der Waals surface area contributed by atoms with Crippen molar-refractivity contribution in [2.24, 2.45) is 0 Å². The number of rotatable bonds is 4. The predicted octanol–water partition coefficient (Wildman–Crippen LogP) is 1.68. The van der Waals surface area contributed by atoms with Crippen LogP contribution >= 0.6 is 11.3 Å². The summed E-state index contributed by atoms with van der Waals surface area (Å²) < 4.78 is 1.55. The Kier molecular flexibility index (Phi) is 3.38. The standard InChI is InChI=1S/C10H10N4O3S/c1-6(15)8-3-11-9(18-8)5-14-4-7(2-12-14)13-10(16)17/h2-4,13H,5H2,1H3,(H,16,17). The van der Waals surface area contributed by atoms with E-state index >= 15 is 0 Å². The second kappa shape index (κ2) is 4.96. The first-order valence-electron chi connectivity index (χ1n) is 5.02. The zero-order chi connectivity index (χ0) is 13.1. The number of carbonyl (C=O) groups excluding carboxylic acids is 1. The molecule has 0 aromatic carbocycles. The summed E-state index contributed by atoms with van der Waals surface area (Å²) in [5.74, 6) is -0.0209. The summed E-state index contributed by atoms with van der Waals surface area (Å²) in [6, 6.07) is 0. The van der Waals surface area contributed by atoms with E-state index in [1.165, 1.54) is 30.7 Å². The van der Waals surface area contributed by atoms with Gasteiger partial charge in [0.15, 0.2) is 5.78 Å². The van der Waals surface area contributed by atoms with E-state index in [1.54, 1.807) is 10.9 Å². The third-order valence-electron chi connectivity index (χ3n) is 2.08. The van der Waals surface area contributed by atoms with Gasteiger partial charge in [-0.15, -0.1) is 11.3 Å². The predicted molar refractivity (Wildman–Crippen MR) is 65.1 cm³/mol. The molecular weight excluding hydrogens is 256 g/mol. The maximum absolute atomic E-state index is 11.1. The highest BCUT2D eigenvalue weighted by molar-refractivity contribution is 7.13. The van der Waals surface area contributed by atoms with Gasteiger partial charge in [-0.2, -0.15) is 5.10 Å². The van der Waals surface area contributed by atoms with Gasteiger partial charge in [-0.1, -0.05) is 0 Å². The molecule has 2 heterocycles. The summed E-state index contributed by atoms with van der Waals surface area (Å²) in [7, 11) is 0. The fraction of sp³-hybridized carbons (Fsp3) is 0.200. The minimum Gasteiger partial charge on any atom is -0.465 e. The van der Waals surface area contributed by atoms with E-state index in [-0.39, 0.29) is 5.78 Å². The minimum absolute atomic E-state index is 0.0209. The number of amides is 1. The van der Waals surface area contributed by atoms with Crippen molar-refractivity contribution >= 4 is 28.9 Å². The number of Topliss-reactive ketones (excluding diaryl/α,β-unsaturated/α-hetero) is 1. The van der Waals surface area contributed by atoms with Crippen molar-refractivity contribution in [3.05, 3.63) is 28.5 Å². The second-order valence-electron chi connectivity index (χ2n) is 3.53. The fourth-order valence-electron chi connectivity index (χ4n) is 1.32. The molecule has 1 amide bonds. The number of carbonyl (C=O) groups is 2. The lowest BCUT2D eigenvalue weighted by atomic mass is 10.4. The number of ketones is 1. The monoisotopic (exact) mass is 266 g/mol. The largest absolute Gasteiger partial charge is 0.465 e. The lowest BCUT2D eigenvalue weighted by Gasteiger charge is -1.96. The molecular formula is C10H10N4O3S. The van der Waals surface area contributed by atoms with Crippen LogP contribution in [0.1, 0.15) is 21.6 Å². The van der Waals surface area contributed by atoms with Crippen molar-refractivity contribution in [3.63, 3.8) is 0 Å². The Morgan fingerprint density at radius 2 is 2.28 bits per heavy atom. The fourth-order valence-corrected chi connectivity index (χ4v) is 2.13. The van der Waals surface area contributed by atoms with Crippen molar-refractivity contribution in [2.45, 2.75) is 13.5 Å². The van der Waals surface area contributed by atoms with Crippen LogP contribution in [0.2, 0.25) is 0 Å². The first-order valence-corrected chi connectivity index (χ1v) is 5.84. The summed E-state index contributed by atoms with van der Waals surface area (Å²) in [4.78, 5) is 26.2. The SMILES string of the molecule is CC(=O)c1cnc(Cn2cc(NC(=O)O)cn2)s1. The van der Waals surface area contributed by atoms with Gasteiger partial charge in [-0.3, -0.25) is 14.8 Å². The van der Waals surface area contributed by atoms with Crippen LogP contribution in [0.4, 0.5) is 10.5 Å². The van der Waals surface area contributed by atoms with Crippen LogP contribution < -0.4 is 5.32 Å². The molecule has 0 bridgehead atoms. The highest BCUT2D eigenvalue weighted by atomic mass is 32.1. The lowest BCUT2D eigenvalue weighted by molar-refractivity contribution is 0.102. The van der Waals surface area contributed by atoms with Crippen molar-refractivity contribution in [2.75, 3.05) is 5.32 Å². The number of nitrogens with one attached hydrogen (secondary N) is 1. The zero-order valence-electron chi connectivity index (χ0n) is 9.45. The van der Waals surface area contributed by atoms with Gasteiger partial charge in [0.05, 0.1) is 23.3 Å². The lowest BCUT2D eigenvalue weighted by Crippen LogP contribution is -2.06. The summed E-state index contributed by atoms with van der Waals surface area (Å²) in [5.41, 5.74) is 0.394. The first kappa shape index (κ1) is 12.2. The molecule has 0 aliphatic rings. The highest BCUT2D eigenvalue weighted by Gasteiger charge is 2.08. The molecule has 2 aromatic rings. The van der Waals surface area contributed by atoms with Gasteiger partial charge in [0.1, 0.15) is 5.01 Å². The normalized spacial score (nSPS) is 10.3.